The second-order valence-corrected chi connectivity index (χ2v) is 5.72. The van der Waals surface area contributed by atoms with Gasteiger partial charge in [-0.3, -0.25) is 4.79 Å². The minimum Gasteiger partial charge on any atom is -0.496 e. The van der Waals surface area contributed by atoms with Crippen LogP contribution in [-0.2, 0) is 11.2 Å². The number of nitrogens with one attached hydrogen (secondary N) is 1. The third kappa shape index (κ3) is 2.60. The van der Waals surface area contributed by atoms with Gasteiger partial charge in [0.05, 0.1) is 7.11 Å². The highest BCUT2D eigenvalue weighted by Crippen LogP contribution is 2.39. The summed E-state index contributed by atoms with van der Waals surface area (Å²) >= 11 is 0. The summed E-state index contributed by atoms with van der Waals surface area (Å²) in [6.45, 7) is 2.29. The first-order valence-corrected chi connectivity index (χ1v) is 7.53. The Hall–Kier alpha value is -2.03. The molecule has 0 heterocycles. The molecule has 0 fully saturated rings. The molecule has 1 N–H and O–H groups in total. The number of amides is 1. The zero-order valence-electron chi connectivity index (χ0n) is 12.6. The third-order valence-corrected chi connectivity index (χ3v) is 4.38. The van der Waals surface area contributed by atoms with Crippen molar-refractivity contribution in [2.24, 2.45) is 0 Å². The molecule has 0 aromatic heterocycles. The molecule has 0 bridgehead atoms. The molecule has 1 amide bonds. The van der Waals surface area contributed by atoms with Crippen LogP contribution in [0.15, 0.2) is 30.3 Å². The Bertz CT molecular complexity index is 678. The molecule has 0 saturated heterocycles. The molecule has 0 aliphatic heterocycles. The molecule has 1 aliphatic rings. The highest BCUT2D eigenvalue weighted by atomic mass is 16.5. The fourth-order valence-electron chi connectivity index (χ4n) is 3.40. The van der Waals surface area contributed by atoms with Crippen molar-refractivity contribution < 1.29 is 9.53 Å². The monoisotopic (exact) mass is 283 g/mol. The minimum atomic E-state index is 0.0392. The molecule has 0 spiro atoms. The van der Waals surface area contributed by atoms with Crippen molar-refractivity contribution in [2.75, 3.05) is 13.7 Å². The quantitative estimate of drug-likeness (QED) is 0.937. The number of benzene rings is 2. The normalized spacial score (nSPS) is 17.3. The van der Waals surface area contributed by atoms with Crippen LogP contribution in [0.3, 0.4) is 0 Å². The van der Waals surface area contributed by atoms with E-state index in [-0.39, 0.29) is 5.91 Å². The number of carbonyl (C=O) groups is 1. The average molecular weight is 283 g/mol. The number of rotatable bonds is 3. The fraction of sp³-hybridized carbons (Fsp3) is 0.389. The van der Waals surface area contributed by atoms with E-state index in [1.807, 2.05) is 0 Å². The van der Waals surface area contributed by atoms with E-state index in [4.69, 9.17) is 4.74 Å². The maximum absolute atomic E-state index is 11.2. The first-order valence-electron chi connectivity index (χ1n) is 7.53. The molecular formula is C18H21NO2. The maximum atomic E-state index is 11.2. The average Bonchev–Trinajstić information content (AvgIpc) is 2.67. The lowest BCUT2D eigenvalue weighted by Crippen LogP contribution is -2.25. The third-order valence-electron chi connectivity index (χ3n) is 4.38. The van der Waals surface area contributed by atoms with Crippen LogP contribution in [0.5, 0.6) is 5.75 Å². The van der Waals surface area contributed by atoms with Crippen molar-refractivity contribution >= 4 is 16.7 Å². The Kier molecular flexibility index (Phi) is 3.82. The first kappa shape index (κ1) is 13.9. The van der Waals surface area contributed by atoms with Gasteiger partial charge in [-0.2, -0.15) is 0 Å². The molecule has 0 saturated carbocycles. The number of hydrogen-bond acceptors (Lipinski definition) is 2. The summed E-state index contributed by atoms with van der Waals surface area (Å²) in [6.07, 6.45) is 3.25. The lowest BCUT2D eigenvalue weighted by atomic mass is 9.91. The number of hydrogen-bond donors (Lipinski definition) is 1. The van der Waals surface area contributed by atoms with Crippen LogP contribution in [0.1, 0.15) is 36.8 Å². The van der Waals surface area contributed by atoms with Gasteiger partial charge in [0.1, 0.15) is 5.75 Å². The van der Waals surface area contributed by atoms with Crippen molar-refractivity contribution in [1.29, 1.82) is 0 Å². The second kappa shape index (κ2) is 5.76. The van der Waals surface area contributed by atoms with Crippen molar-refractivity contribution in [3.8, 4) is 5.75 Å². The molecule has 0 radical (unpaired) electrons. The molecule has 2 aromatic rings. The van der Waals surface area contributed by atoms with Crippen molar-refractivity contribution in [2.45, 2.75) is 32.1 Å². The predicted molar refractivity (Wildman–Crippen MR) is 84.9 cm³/mol. The van der Waals surface area contributed by atoms with Gasteiger partial charge >= 0.3 is 0 Å². The molecule has 110 valence electrons. The van der Waals surface area contributed by atoms with Gasteiger partial charge in [-0.15, -0.1) is 0 Å². The van der Waals surface area contributed by atoms with E-state index in [2.05, 4.69) is 35.6 Å². The largest absolute Gasteiger partial charge is 0.496 e. The Morgan fingerprint density at radius 2 is 2.19 bits per heavy atom. The summed E-state index contributed by atoms with van der Waals surface area (Å²) in [5.74, 6) is 1.40. The molecule has 21 heavy (non-hydrogen) atoms. The van der Waals surface area contributed by atoms with Gasteiger partial charge < -0.3 is 10.1 Å². The summed E-state index contributed by atoms with van der Waals surface area (Å²) in [5.41, 5.74) is 2.66. The van der Waals surface area contributed by atoms with Gasteiger partial charge in [-0.05, 0) is 41.7 Å². The van der Waals surface area contributed by atoms with E-state index in [1.54, 1.807) is 14.0 Å². The lowest BCUT2D eigenvalue weighted by molar-refractivity contribution is -0.119. The molecule has 1 aliphatic carbocycles. The van der Waals surface area contributed by atoms with E-state index < -0.39 is 0 Å². The van der Waals surface area contributed by atoms with Gasteiger partial charge in [-0.25, -0.2) is 0 Å². The highest BCUT2D eigenvalue weighted by molar-refractivity contribution is 5.91. The minimum absolute atomic E-state index is 0.0392. The Labute approximate surface area is 125 Å². The smallest absolute Gasteiger partial charge is 0.216 e. The summed E-state index contributed by atoms with van der Waals surface area (Å²) in [5, 5.41) is 5.56. The number of carbonyl (C=O) groups excluding carboxylic acids is 1. The fourth-order valence-corrected chi connectivity index (χ4v) is 3.40. The zero-order chi connectivity index (χ0) is 14.8. The molecule has 3 nitrogen and oxygen atoms in total. The summed E-state index contributed by atoms with van der Waals surface area (Å²) in [4.78, 5) is 11.2. The zero-order valence-corrected chi connectivity index (χ0v) is 12.6. The van der Waals surface area contributed by atoms with Crippen LogP contribution in [0.2, 0.25) is 0 Å². The van der Waals surface area contributed by atoms with Crippen LogP contribution in [0.4, 0.5) is 0 Å². The Morgan fingerprint density at radius 3 is 2.95 bits per heavy atom. The van der Waals surface area contributed by atoms with E-state index >= 15 is 0 Å². The van der Waals surface area contributed by atoms with Gasteiger partial charge in [0.25, 0.3) is 0 Å². The van der Waals surface area contributed by atoms with E-state index in [1.165, 1.54) is 21.9 Å². The summed E-state index contributed by atoms with van der Waals surface area (Å²) < 4.78 is 5.55. The topological polar surface area (TPSA) is 38.3 Å². The van der Waals surface area contributed by atoms with Crippen LogP contribution in [0.25, 0.3) is 10.8 Å². The van der Waals surface area contributed by atoms with Gasteiger partial charge in [0, 0.05) is 24.9 Å². The lowest BCUT2D eigenvalue weighted by Gasteiger charge is -2.18. The second-order valence-electron chi connectivity index (χ2n) is 5.72. The highest BCUT2D eigenvalue weighted by Gasteiger charge is 2.22. The van der Waals surface area contributed by atoms with Gasteiger partial charge in [0.2, 0.25) is 5.91 Å². The molecule has 1 atom stereocenters. The molecular weight excluding hydrogens is 262 g/mol. The predicted octanol–water partition coefficient (Wildman–Crippen LogP) is 3.40. The summed E-state index contributed by atoms with van der Waals surface area (Å²) in [6, 6.07) is 10.7. The first-order chi connectivity index (χ1) is 10.2. The van der Waals surface area contributed by atoms with Crippen LogP contribution >= 0.6 is 0 Å². The molecule has 3 rings (SSSR count). The van der Waals surface area contributed by atoms with Gasteiger partial charge in [0.15, 0.2) is 0 Å². The summed E-state index contributed by atoms with van der Waals surface area (Å²) in [7, 11) is 1.74. The maximum Gasteiger partial charge on any atom is 0.216 e. The van der Waals surface area contributed by atoms with Gasteiger partial charge in [-0.1, -0.05) is 24.3 Å². The molecule has 2 aromatic carbocycles. The van der Waals surface area contributed by atoms with E-state index in [0.29, 0.717) is 12.5 Å². The number of aryl methyl sites for hydroxylation is 1. The molecule has 3 heteroatoms. The van der Waals surface area contributed by atoms with Crippen molar-refractivity contribution in [3.05, 3.63) is 41.5 Å². The SMILES string of the molecule is COc1ccc2cccc3c2c1CCCC3CNC(C)=O. The van der Waals surface area contributed by atoms with E-state index in [0.717, 1.165) is 25.0 Å². The van der Waals surface area contributed by atoms with Crippen molar-refractivity contribution in [3.63, 3.8) is 0 Å². The number of ether oxygens (including phenoxy) is 1. The van der Waals surface area contributed by atoms with Crippen LogP contribution < -0.4 is 10.1 Å². The van der Waals surface area contributed by atoms with Crippen LogP contribution in [-0.4, -0.2) is 19.6 Å². The van der Waals surface area contributed by atoms with E-state index in [9.17, 15) is 4.79 Å². The number of methoxy groups -OCH3 is 1. The Balaban J connectivity index is 2.12. The Morgan fingerprint density at radius 1 is 1.33 bits per heavy atom. The standard InChI is InChI=1S/C18H21NO2/c1-12(20)19-11-14-6-4-8-16-17(21-2)10-9-13-5-3-7-15(14)18(13)16/h3,5,7,9-10,14H,4,6,8,11H2,1-2H3,(H,19,20). The molecule has 1 unspecified atom stereocenters. The van der Waals surface area contributed by atoms with Crippen LogP contribution in [0, 0.1) is 0 Å². The van der Waals surface area contributed by atoms with Crippen molar-refractivity contribution in [1.82, 2.24) is 5.32 Å².